The van der Waals surface area contributed by atoms with Gasteiger partial charge in [0.2, 0.25) is 0 Å². The number of hydrogen-bond donors (Lipinski definition) is 0. The molecule has 0 aliphatic carbocycles. The van der Waals surface area contributed by atoms with E-state index in [4.69, 9.17) is 11.6 Å². The third-order valence-corrected chi connectivity index (χ3v) is 4.01. The first kappa shape index (κ1) is 10.0. The molecule has 2 aromatic rings. The van der Waals surface area contributed by atoms with Gasteiger partial charge < -0.3 is 0 Å². The zero-order chi connectivity index (χ0) is 9.80. The normalized spacial score (nSPS) is 10.4. The van der Waals surface area contributed by atoms with Crippen LogP contribution in [-0.4, -0.2) is 4.98 Å². The Balaban J connectivity index is 1.98. The number of halogens is 1. The highest BCUT2D eigenvalue weighted by molar-refractivity contribution is 8.00. The molecule has 1 nitrogen and oxygen atoms in total. The minimum Gasteiger partial charge on any atom is -0.240 e. The number of pyridine rings is 1. The van der Waals surface area contributed by atoms with Crippen LogP contribution in [0.15, 0.2) is 39.9 Å². The maximum Gasteiger partial charge on any atom is 0.129 e. The Kier molecular flexibility index (Phi) is 3.45. The molecule has 0 saturated carbocycles. The van der Waals surface area contributed by atoms with Crippen molar-refractivity contribution in [2.75, 3.05) is 0 Å². The number of thiophene rings is 1. The van der Waals surface area contributed by atoms with Crippen molar-refractivity contribution in [3.05, 3.63) is 46.6 Å². The predicted octanol–water partition coefficient (Wildman–Crippen LogP) is 4.09. The third kappa shape index (κ3) is 2.74. The summed E-state index contributed by atoms with van der Waals surface area (Å²) in [6.45, 7) is 0. The highest BCUT2D eigenvalue weighted by atomic mass is 35.5. The van der Waals surface area contributed by atoms with Crippen molar-refractivity contribution in [1.29, 1.82) is 0 Å². The summed E-state index contributed by atoms with van der Waals surface area (Å²) < 4.78 is 1.31. The standard InChI is InChI=1S/C10H8ClNS2/c11-9-4-1-3-8(12-9)7-14-10-5-2-6-13-10/h1-6H,7H2. The second-order valence-corrected chi connectivity index (χ2v) is 5.28. The van der Waals surface area contributed by atoms with Gasteiger partial charge in [-0.25, -0.2) is 4.98 Å². The van der Waals surface area contributed by atoms with Crippen LogP contribution in [0, 0.1) is 0 Å². The predicted molar refractivity (Wildman–Crippen MR) is 63.1 cm³/mol. The molecule has 0 N–H and O–H groups in total. The fraction of sp³-hybridized carbons (Fsp3) is 0.100. The molecule has 0 aromatic carbocycles. The Labute approximate surface area is 96.1 Å². The van der Waals surface area contributed by atoms with Gasteiger partial charge in [-0.15, -0.1) is 23.1 Å². The van der Waals surface area contributed by atoms with Gasteiger partial charge in [-0.3, -0.25) is 0 Å². The SMILES string of the molecule is Clc1cccc(CSc2cccs2)n1. The molecule has 0 aliphatic heterocycles. The van der Waals surface area contributed by atoms with Gasteiger partial charge in [0.25, 0.3) is 0 Å². The Morgan fingerprint density at radius 1 is 1.29 bits per heavy atom. The monoisotopic (exact) mass is 241 g/mol. The van der Waals surface area contributed by atoms with E-state index in [0.717, 1.165) is 11.4 Å². The summed E-state index contributed by atoms with van der Waals surface area (Å²) in [6, 6.07) is 9.88. The van der Waals surface area contributed by atoms with Crippen molar-refractivity contribution in [1.82, 2.24) is 4.98 Å². The zero-order valence-electron chi connectivity index (χ0n) is 7.31. The highest BCUT2D eigenvalue weighted by Gasteiger charge is 1.98. The second kappa shape index (κ2) is 4.82. The topological polar surface area (TPSA) is 12.9 Å². The van der Waals surface area contributed by atoms with Crippen molar-refractivity contribution < 1.29 is 0 Å². The molecular weight excluding hydrogens is 234 g/mol. The molecule has 0 saturated heterocycles. The van der Waals surface area contributed by atoms with Gasteiger partial charge in [-0.1, -0.05) is 23.7 Å². The van der Waals surface area contributed by atoms with Crippen LogP contribution >= 0.6 is 34.7 Å². The van der Waals surface area contributed by atoms with E-state index in [0.29, 0.717) is 5.15 Å². The first-order chi connectivity index (χ1) is 6.84. The molecular formula is C10H8ClNS2. The minimum absolute atomic E-state index is 0.564. The second-order valence-electron chi connectivity index (χ2n) is 2.67. The van der Waals surface area contributed by atoms with E-state index < -0.39 is 0 Å². The van der Waals surface area contributed by atoms with E-state index in [1.165, 1.54) is 4.21 Å². The quantitative estimate of drug-likeness (QED) is 0.593. The lowest BCUT2D eigenvalue weighted by Gasteiger charge is -1.98. The van der Waals surface area contributed by atoms with Gasteiger partial charge in [0.05, 0.1) is 9.90 Å². The van der Waals surface area contributed by atoms with E-state index in [2.05, 4.69) is 22.5 Å². The number of rotatable bonds is 3. The molecule has 4 heteroatoms. The van der Waals surface area contributed by atoms with E-state index >= 15 is 0 Å². The van der Waals surface area contributed by atoms with Crippen molar-refractivity contribution in [2.45, 2.75) is 9.96 Å². The summed E-state index contributed by atoms with van der Waals surface area (Å²) >= 11 is 9.32. The first-order valence-corrected chi connectivity index (χ1v) is 6.36. The van der Waals surface area contributed by atoms with Crippen LogP contribution in [0.5, 0.6) is 0 Å². The van der Waals surface area contributed by atoms with E-state index in [9.17, 15) is 0 Å². The molecule has 0 amide bonds. The Morgan fingerprint density at radius 3 is 2.93 bits per heavy atom. The molecule has 2 heterocycles. The average molecular weight is 242 g/mol. The molecule has 14 heavy (non-hydrogen) atoms. The molecule has 72 valence electrons. The molecule has 0 aliphatic rings. The Bertz CT molecular complexity index is 400. The van der Waals surface area contributed by atoms with Crippen LogP contribution in [0.25, 0.3) is 0 Å². The van der Waals surface area contributed by atoms with E-state index in [1.807, 2.05) is 12.1 Å². The highest BCUT2D eigenvalue weighted by Crippen LogP contribution is 2.26. The average Bonchev–Trinajstić information content (AvgIpc) is 2.67. The van der Waals surface area contributed by atoms with Gasteiger partial charge >= 0.3 is 0 Å². The molecule has 2 rings (SSSR count). The molecule has 0 radical (unpaired) electrons. The number of aromatic nitrogens is 1. The van der Waals surface area contributed by atoms with Gasteiger partial charge in [0.15, 0.2) is 0 Å². The van der Waals surface area contributed by atoms with Crippen molar-refractivity contribution in [3.63, 3.8) is 0 Å². The van der Waals surface area contributed by atoms with Crippen LogP contribution in [0.2, 0.25) is 5.15 Å². The van der Waals surface area contributed by atoms with Crippen LogP contribution in [-0.2, 0) is 5.75 Å². The maximum atomic E-state index is 5.79. The maximum absolute atomic E-state index is 5.79. The lowest BCUT2D eigenvalue weighted by molar-refractivity contribution is 1.18. The van der Waals surface area contributed by atoms with Gasteiger partial charge in [0, 0.05) is 5.75 Å². The molecule has 2 aromatic heterocycles. The molecule has 0 unspecified atom stereocenters. The Hall–Kier alpha value is -0.510. The molecule has 0 atom stereocenters. The van der Waals surface area contributed by atoms with Gasteiger partial charge in [-0.2, -0.15) is 0 Å². The smallest absolute Gasteiger partial charge is 0.129 e. The zero-order valence-corrected chi connectivity index (χ0v) is 9.70. The summed E-state index contributed by atoms with van der Waals surface area (Å²) in [6.07, 6.45) is 0. The summed E-state index contributed by atoms with van der Waals surface area (Å²) in [5, 5.41) is 2.64. The van der Waals surface area contributed by atoms with Crippen LogP contribution in [0.3, 0.4) is 0 Å². The van der Waals surface area contributed by atoms with Gasteiger partial charge in [-0.05, 0) is 23.6 Å². The Morgan fingerprint density at radius 2 is 2.21 bits per heavy atom. The van der Waals surface area contributed by atoms with Crippen molar-refractivity contribution >= 4 is 34.7 Å². The largest absolute Gasteiger partial charge is 0.240 e. The van der Waals surface area contributed by atoms with Crippen LogP contribution in [0.4, 0.5) is 0 Å². The lowest BCUT2D eigenvalue weighted by atomic mass is 10.4. The third-order valence-electron chi connectivity index (χ3n) is 1.63. The fourth-order valence-corrected chi connectivity index (χ4v) is 2.89. The molecule has 0 spiro atoms. The minimum atomic E-state index is 0.564. The van der Waals surface area contributed by atoms with Crippen molar-refractivity contribution in [2.24, 2.45) is 0 Å². The van der Waals surface area contributed by atoms with Gasteiger partial charge in [0.1, 0.15) is 5.15 Å². The summed E-state index contributed by atoms with van der Waals surface area (Å²) in [4.78, 5) is 4.22. The molecule has 0 fully saturated rings. The molecule has 0 bridgehead atoms. The van der Waals surface area contributed by atoms with Crippen LogP contribution < -0.4 is 0 Å². The van der Waals surface area contributed by atoms with Crippen LogP contribution in [0.1, 0.15) is 5.69 Å². The number of nitrogens with zero attached hydrogens (tertiary/aromatic N) is 1. The first-order valence-electron chi connectivity index (χ1n) is 4.12. The lowest BCUT2D eigenvalue weighted by Crippen LogP contribution is -1.85. The summed E-state index contributed by atoms with van der Waals surface area (Å²) in [7, 11) is 0. The number of hydrogen-bond acceptors (Lipinski definition) is 3. The summed E-state index contributed by atoms with van der Waals surface area (Å²) in [5.41, 5.74) is 1.02. The van der Waals surface area contributed by atoms with E-state index in [1.54, 1.807) is 29.2 Å². The van der Waals surface area contributed by atoms with Crippen molar-refractivity contribution in [3.8, 4) is 0 Å². The number of thioether (sulfide) groups is 1. The fourth-order valence-electron chi connectivity index (χ4n) is 1.02. The summed E-state index contributed by atoms with van der Waals surface area (Å²) in [5.74, 6) is 0.876. The van der Waals surface area contributed by atoms with E-state index in [-0.39, 0.29) is 0 Å².